The van der Waals surface area contributed by atoms with E-state index in [9.17, 15) is 4.79 Å². The van der Waals surface area contributed by atoms with Crippen LogP contribution in [-0.4, -0.2) is 38.0 Å². The van der Waals surface area contributed by atoms with Crippen LogP contribution in [0.15, 0.2) is 0 Å². The number of ether oxygens (including phenoxy) is 3. The molecule has 0 amide bonds. The molecule has 1 atom stereocenters. The highest BCUT2D eigenvalue weighted by Gasteiger charge is 2.14. The van der Waals surface area contributed by atoms with Crippen molar-refractivity contribution in [1.29, 1.82) is 0 Å². The average Bonchev–Trinajstić information content (AvgIpc) is 2.09. The molecule has 0 aromatic rings. The van der Waals surface area contributed by atoms with Crippen molar-refractivity contribution < 1.29 is 19.0 Å². The van der Waals surface area contributed by atoms with Crippen molar-refractivity contribution in [2.75, 3.05) is 20.3 Å². The Balaban J connectivity index is 3.50. The number of esters is 1. The average molecular weight is 204 g/mol. The van der Waals surface area contributed by atoms with Gasteiger partial charge in [0.2, 0.25) is 0 Å². The first-order valence-corrected chi connectivity index (χ1v) is 4.70. The van der Waals surface area contributed by atoms with E-state index in [4.69, 9.17) is 9.47 Å². The summed E-state index contributed by atoms with van der Waals surface area (Å²) in [5.41, 5.74) is -0.169. The van der Waals surface area contributed by atoms with Gasteiger partial charge in [0.05, 0.1) is 25.9 Å². The summed E-state index contributed by atoms with van der Waals surface area (Å²) in [6.07, 6.45) is -0.524. The van der Waals surface area contributed by atoms with E-state index in [0.29, 0.717) is 13.2 Å². The highest BCUT2D eigenvalue weighted by atomic mass is 16.6. The Morgan fingerprint density at radius 2 is 1.86 bits per heavy atom. The molecule has 0 saturated heterocycles. The topological polar surface area (TPSA) is 44.8 Å². The van der Waals surface area contributed by atoms with Gasteiger partial charge in [0, 0.05) is 0 Å². The maximum absolute atomic E-state index is 10.9. The maximum atomic E-state index is 10.9. The predicted molar refractivity (Wildman–Crippen MR) is 53.1 cm³/mol. The van der Waals surface area contributed by atoms with Crippen molar-refractivity contribution in [2.45, 2.75) is 39.4 Å². The van der Waals surface area contributed by atoms with Crippen LogP contribution in [0.1, 0.15) is 27.7 Å². The minimum Gasteiger partial charge on any atom is -0.467 e. The van der Waals surface area contributed by atoms with Crippen molar-refractivity contribution in [1.82, 2.24) is 0 Å². The lowest BCUT2D eigenvalue weighted by molar-refractivity contribution is -0.154. The molecule has 0 heterocycles. The predicted octanol–water partition coefficient (Wildman–Crippen LogP) is 1.38. The molecule has 0 bridgehead atoms. The molecule has 0 spiro atoms. The smallest absolute Gasteiger partial charge is 0.334 e. The third-order valence-corrected chi connectivity index (χ3v) is 1.52. The summed E-state index contributed by atoms with van der Waals surface area (Å²) in [4.78, 5) is 10.9. The normalized spacial score (nSPS) is 13.8. The van der Waals surface area contributed by atoms with Gasteiger partial charge in [-0.1, -0.05) is 0 Å². The number of hydrogen-bond acceptors (Lipinski definition) is 4. The SMILES string of the molecule is COC(=O)C(C)OCCOC(C)(C)C. The second kappa shape index (κ2) is 5.98. The molecule has 0 fully saturated rings. The third kappa shape index (κ3) is 6.86. The molecule has 0 saturated carbocycles. The zero-order valence-corrected chi connectivity index (χ0v) is 9.62. The summed E-state index contributed by atoms with van der Waals surface area (Å²) in [6, 6.07) is 0. The summed E-state index contributed by atoms with van der Waals surface area (Å²) in [6.45, 7) is 8.44. The molecule has 0 aliphatic rings. The molecule has 0 N–H and O–H groups in total. The van der Waals surface area contributed by atoms with Crippen molar-refractivity contribution in [3.05, 3.63) is 0 Å². The molecular weight excluding hydrogens is 184 g/mol. The van der Waals surface area contributed by atoms with Gasteiger partial charge in [0.25, 0.3) is 0 Å². The van der Waals surface area contributed by atoms with Gasteiger partial charge >= 0.3 is 5.97 Å². The van der Waals surface area contributed by atoms with Crippen molar-refractivity contribution in [3.63, 3.8) is 0 Å². The monoisotopic (exact) mass is 204 g/mol. The molecule has 0 aromatic heterocycles. The van der Waals surface area contributed by atoms with Gasteiger partial charge in [-0.3, -0.25) is 0 Å². The first kappa shape index (κ1) is 13.4. The van der Waals surface area contributed by atoms with Crippen molar-refractivity contribution >= 4 is 5.97 Å². The summed E-state index contributed by atoms with van der Waals surface area (Å²) in [5.74, 6) is -0.360. The molecule has 0 aromatic carbocycles. The highest BCUT2D eigenvalue weighted by Crippen LogP contribution is 2.06. The van der Waals surface area contributed by atoms with E-state index in [1.807, 2.05) is 20.8 Å². The quantitative estimate of drug-likeness (QED) is 0.501. The Kier molecular flexibility index (Phi) is 5.72. The zero-order chi connectivity index (χ0) is 11.2. The van der Waals surface area contributed by atoms with Crippen LogP contribution >= 0.6 is 0 Å². The second-order valence-electron chi connectivity index (χ2n) is 4.00. The highest BCUT2D eigenvalue weighted by molar-refractivity contribution is 5.73. The molecule has 0 aliphatic carbocycles. The Hall–Kier alpha value is -0.610. The molecule has 4 nitrogen and oxygen atoms in total. The first-order valence-electron chi connectivity index (χ1n) is 4.70. The minimum atomic E-state index is -0.524. The van der Waals surface area contributed by atoms with Gasteiger partial charge < -0.3 is 14.2 Å². The summed E-state index contributed by atoms with van der Waals surface area (Å²) < 4.78 is 15.1. The number of hydrogen-bond donors (Lipinski definition) is 0. The fraction of sp³-hybridized carbons (Fsp3) is 0.900. The van der Waals surface area contributed by atoms with E-state index >= 15 is 0 Å². The number of carbonyl (C=O) groups excluding carboxylic acids is 1. The molecular formula is C10H20O4. The van der Waals surface area contributed by atoms with E-state index < -0.39 is 6.10 Å². The van der Waals surface area contributed by atoms with Gasteiger partial charge in [0.1, 0.15) is 0 Å². The van der Waals surface area contributed by atoms with Crippen LogP contribution in [0.25, 0.3) is 0 Å². The van der Waals surface area contributed by atoms with Crippen LogP contribution < -0.4 is 0 Å². The lowest BCUT2D eigenvalue weighted by atomic mass is 10.2. The number of methoxy groups -OCH3 is 1. The van der Waals surface area contributed by atoms with E-state index in [-0.39, 0.29) is 11.6 Å². The van der Waals surface area contributed by atoms with Crippen LogP contribution in [0.5, 0.6) is 0 Å². The van der Waals surface area contributed by atoms with Crippen molar-refractivity contribution in [2.24, 2.45) is 0 Å². The van der Waals surface area contributed by atoms with Crippen LogP contribution in [-0.2, 0) is 19.0 Å². The Morgan fingerprint density at radius 1 is 1.29 bits per heavy atom. The summed E-state index contributed by atoms with van der Waals surface area (Å²) >= 11 is 0. The lowest BCUT2D eigenvalue weighted by Gasteiger charge is -2.20. The lowest BCUT2D eigenvalue weighted by Crippen LogP contribution is -2.26. The van der Waals surface area contributed by atoms with Crippen molar-refractivity contribution in [3.8, 4) is 0 Å². The Morgan fingerprint density at radius 3 is 2.29 bits per heavy atom. The van der Waals surface area contributed by atoms with E-state index in [2.05, 4.69) is 4.74 Å². The van der Waals surface area contributed by atoms with Crippen LogP contribution in [0.4, 0.5) is 0 Å². The maximum Gasteiger partial charge on any atom is 0.334 e. The molecule has 0 rings (SSSR count). The van der Waals surface area contributed by atoms with E-state index in [1.165, 1.54) is 7.11 Å². The zero-order valence-electron chi connectivity index (χ0n) is 9.62. The molecule has 0 radical (unpaired) electrons. The molecule has 0 aliphatic heterocycles. The Labute approximate surface area is 85.5 Å². The first-order chi connectivity index (χ1) is 6.37. The van der Waals surface area contributed by atoms with Gasteiger partial charge in [-0.05, 0) is 27.7 Å². The van der Waals surface area contributed by atoms with Gasteiger partial charge in [-0.15, -0.1) is 0 Å². The molecule has 4 heteroatoms. The minimum absolute atomic E-state index is 0.169. The van der Waals surface area contributed by atoms with Crippen LogP contribution in [0.2, 0.25) is 0 Å². The largest absolute Gasteiger partial charge is 0.467 e. The Bertz CT molecular complexity index is 171. The molecule has 84 valence electrons. The fourth-order valence-corrected chi connectivity index (χ4v) is 0.807. The summed E-state index contributed by atoms with van der Waals surface area (Å²) in [7, 11) is 1.34. The van der Waals surface area contributed by atoms with E-state index in [0.717, 1.165) is 0 Å². The molecule has 1 unspecified atom stereocenters. The van der Waals surface area contributed by atoms with E-state index in [1.54, 1.807) is 6.92 Å². The fourth-order valence-electron chi connectivity index (χ4n) is 0.807. The van der Waals surface area contributed by atoms with Crippen LogP contribution in [0, 0.1) is 0 Å². The van der Waals surface area contributed by atoms with Gasteiger partial charge in [-0.25, -0.2) is 4.79 Å². The summed E-state index contributed by atoms with van der Waals surface area (Å²) in [5, 5.41) is 0. The second-order valence-corrected chi connectivity index (χ2v) is 4.00. The third-order valence-electron chi connectivity index (χ3n) is 1.52. The number of rotatable bonds is 5. The van der Waals surface area contributed by atoms with Gasteiger partial charge in [-0.2, -0.15) is 0 Å². The van der Waals surface area contributed by atoms with Gasteiger partial charge in [0.15, 0.2) is 6.10 Å². The van der Waals surface area contributed by atoms with Crippen LogP contribution in [0.3, 0.4) is 0 Å². The number of carbonyl (C=O) groups is 1. The molecule has 14 heavy (non-hydrogen) atoms. The standard InChI is InChI=1S/C10H20O4/c1-8(9(11)12-5)13-6-7-14-10(2,3)4/h8H,6-7H2,1-5H3.